The lowest BCUT2D eigenvalue weighted by molar-refractivity contribution is -0.149. The molecule has 0 spiro atoms. The van der Waals surface area contributed by atoms with Crippen LogP contribution in [0.15, 0.2) is 18.2 Å². The average Bonchev–Trinajstić information content (AvgIpc) is 2.79. The molecule has 2 rings (SSSR count). The summed E-state index contributed by atoms with van der Waals surface area (Å²) in [7, 11) is 0. The van der Waals surface area contributed by atoms with Crippen molar-refractivity contribution in [2.24, 2.45) is 0 Å². The number of hydrogen-bond donors (Lipinski definition) is 1. The molecular formula is C13H15FO4. The zero-order valence-electron chi connectivity index (χ0n) is 10.1. The van der Waals surface area contributed by atoms with Crippen molar-refractivity contribution in [1.29, 1.82) is 0 Å². The van der Waals surface area contributed by atoms with E-state index >= 15 is 0 Å². The quantitative estimate of drug-likeness (QED) is 0.894. The Balaban J connectivity index is 1.89. The summed E-state index contributed by atoms with van der Waals surface area (Å²) < 4.78 is 23.8. The summed E-state index contributed by atoms with van der Waals surface area (Å²) >= 11 is 0. The van der Waals surface area contributed by atoms with Gasteiger partial charge in [-0.15, -0.1) is 0 Å². The highest BCUT2D eigenvalue weighted by molar-refractivity contribution is 5.72. The number of hydrogen-bond acceptors (Lipinski definition) is 3. The topological polar surface area (TPSA) is 55.8 Å². The molecule has 0 aromatic heterocycles. The Morgan fingerprint density at radius 3 is 3.00 bits per heavy atom. The van der Waals surface area contributed by atoms with Crippen molar-refractivity contribution < 1.29 is 23.8 Å². The van der Waals surface area contributed by atoms with Crippen LogP contribution in [-0.2, 0) is 9.53 Å². The van der Waals surface area contributed by atoms with E-state index in [1.807, 2.05) is 6.92 Å². The molecule has 1 aliphatic heterocycles. The molecular weight excluding hydrogens is 239 g/mol. The Labute approximate surface area is 104 Å². The molecule has 4 nitrogen and oxygen atoms in total. The van der Waals surface area contributed by atoms with Crippen LogP contribution >= 0.6 is 0 Å². The van der Waals surface area contributed by atoms with Gasteiger partial charge in [0.1, 0.15) is 18.2 Å². The van der Waals surface area contributed by atoms with Gasteiger partial charge in [0.05, 0.1) is 6.10 Å². The minimum absolute atomic E-state index is 0.242. The van der Waals surface area contributed by atoms with Gasteiger partial charge in [-0.2, -0.15) is 0 Å². The van der Waals surface area contributed by atoms with Crippen molar-refractivity contribution in [3.8, 4) is 5.75 Å². The second-order valence-electron chi connectivity index (χ2n) is 4.38. The van der Waals surface area contributed by atoms with Crippen LogP contribution in [0.3, 0.4) is 0 Å². The predicted octanol–water partition coefficient (Wildman–Crippen LogP) is 2.15. The molecule has 1 aliphatic rings. The molecule has 0 bridgehead atoms. The van der Waals surface area contributed by atoms with Crippen molar-refractivity contribution in [1.82, 2.24) is 0 Å². The third-order valence-electron chi connectivity index (χ3n) is 2.96. The number of carbonyl (C=O) groups is 1. The van der Waals surface area contributed by atoms with Crippen LogP contribution < -0.4 is 4.74 Å². The summed E-state index contributed by atoms with van der Waals surface area (Å²) in [5.74, 6) is -0.830. The van der Waals surface area contributed by atoms with E-state index in [1.54, 1.807) is 6.07 Å². The predicted molar refractivity (Wildman–Crippen MR) is 62.2 cm³/mol. The third kappa shape index (κ3) is 2.98. The summed E-state index contributed by atoms with van der Waals surface area (Å²) in [6.07, 6.45) is 0.151. The molecule has 2 unspecified atom stereocenters. The SMILES string of the molecule is Cc1ccc(F)cc1OCC1CCC(C(=O)O)O1. The molecule has 1 saturated heterocycles. The Morgan fingerprint density at radius 2 is 2.33 bits per heavy atom. The van der Waals surface area contributed by atoms with Crippen molar-refractivity contribution in [3.05, 3.63) is 29.6 Å². The first kappa shape index (κ1) is 12.8. The first-order valence-corrected chi connectivity index (χ1v) is 5.83. The van der Waals surface area contributed by atoms with E-state index in [4.69, 9.17) is 14.6 Å². The monoisotopic (exact) mass is 254 g/mol. The zero-order chi connectivity index (χ0) is 13.1. The zero-order valence-corrected chi connectivity index (χ0v) is 10.1. The molecule has 1 aromatic rings. The van der Waals surface area contributed by atoms with Crippen LogP contribution in [0, 0.1) is 12.7 Å². The van der Waals surface area contributed by atoms with Crippen LogP contribution in [0.1, 0.15) is 18.4 Å². The summed E-state index contributed by atoms with van der Waals surface area (Å²) in [6.45, 7) is 2.07. The maximum atomic E-state index is 13.0. The van der Waals surface area contributed by atoms with E-state index in [2.05, 4.69) is 0 Å². The van der Waals surface area contributed by atoms with Crippen LogP contribution in [0.25, 0.3) is 0 Å². The maximum Gasteiger partial charge on any atom is 0.332 e. The van der Waals surface area contributed by atoms with Crippen LogP contribution in [0.4, 0.5) is 4.39 Å². The Kier molecular flexibility index (Phi) is 3.81. The lowest BCUT2D eigenvalue weighted by Crippen LogP contribution is -2.23. The number of rotatable bonds is 4. The van der Waals surface area contributed by atoms with Gasteiger partial charge in [-0.3, -0.25) is 0 Å². The largest absolute Gasteiger partial charge is 0.491 e. The molecule has 1 heterocycles. The fourth-order valence-electron chi connectivity index (χ4n) is 1.92. The molecule has 0 amide bonds. The Hall–Kier alpha value is -1.62. The molecule has 0 radical (unpaired) electrons. The van der Waals surface area contributed by atoms with E-state index in [1.165, 1.54) is 12.1 Å². The number of ether oxygens (including phenoxy) is 2. The van der Waals surface area contributed by atoms with Gasteiger partial charge >= 0.3 is 5.97 Å². The summed E-state index contributed by atoms with van der Waals surface area (Å²) in [6, 6.07) is 4.33. The fraction of sp³-hybridized carbons (Fsp3) is 0.462. The molecule has 1 aromatic carbocycles. The van der Waals surface area contributed by atoms with E-state index in [-0.39, 0.29) is 18.5 Å². The van der Waals surface area contributed by atoms with Crippen LogP contribution in [-0.4, -0.2) is 29.9 Å². The molecule has 1 fully saturated rings. The minimum atomic E-state index is -0.945. The van der Waals surface area contributed by atoms with E-state index in [0.717, 1.165) is 5.56 Å². The molecule has 2 atom stereocenters. The van der Waals surface area contributed by atoms with Crippen molar-refractivity contribution in [3.63, 3.8) is 0 Å². The van der Waals surface area contributed by atoms with Gasteiger partial charge in [-0.05, 0) is 31.4 Å². The van der Waals surface area contributed by atoms with Gasteiger partial charge in [0.25, 0.3) is 0 Å². The van der Waals surface area contributed by atoms with Gasteiger partial charge in [0.2, 0.25) is 0 Å². The second-order valence-corrected chi connectivity index (χ2v) is 4.38. The number of halogens is 1. The van der Waals surface area contributed by atoms with E-state index in [0.29, 0.717) is 18.6 Å². The number of carboxylic acid groups (broad SMARTS) is 1. The maximum absolute atomic E-state index is 13.0. The van der Waals surface area contributed by atoms with Gasteiger partial charge in [-0.25, -0.2) is 9.18 Å². The van der Waals surface area contributed by atoms with E-state index < -0.39 is 12.1 Å². The van der Waals surface area contributed by atoms with Crippen LogP contribution in [0.2, 0.25) is 0 Å². The van der Waals surface area contributed by atoms with Crippen LogP contribution in [0.5, 0.6) is 5.75 Å². The molecule has 0 saturated carbocycles. The summed E-state index contributed by atoms with van der Waals surface area (Å²) in [5.41, 5.74) is 0.837. The number of benzene rings is 1. The fourth-order valence-corrected chi connectivity index (χ4v) is 1.92. The minimum Gasteiger partial charge on any atom is -0.491 e. The van der Waals surface area contributed by atoms with Crippen molar-refractivity contribution in [2.45, 2.75) is 32.0 Å². The lowest BCUT2D eigenvalue weighted by atomic mass is 10.2. The number of carboxylic acids is 1. The molecule has 1 N–H and O–H groups in total. The van der Waals surface area contributed by atoms with Gasteiger partial charge in [0, 0.05) is 6.07 Å². The van der Waals surface area contributed by atoms with Gasteiger partial charge in [-0.1, -0.05) is 6.07 Å². The highest BCUT2D eigenvalue weighted by Crippen LogP contribution is 2.23. The normalized spacial score (nSPS) is 23.0. The van der Waals surface area contributed by atoms with Gasteiger partial charge < -0.3 is 14.6 Å². The molecule has 18 heavy (non-hydrogen) atoms. The molecule has 5 heteroatoms. The smallest absolute Gasteiger partial charge is 0.332 e. The summed E-state index contributed by atoms with van der Waals surface area (Å²) in [4.78, 5) is 10.7. The highest BCUT2D eigenvalue weighted by Gasteiger charge is 2.30. The second kappa shape index (κ2) is 5.35. The number of aliphatic carboxylic acids is 1. The standard InChI is InChI=1S/C13H15FO4/c1-8-2-3-9(14)6-12(8)17-7-10-4-5-11(18-10)13(15)16/h2-3,6,10-11H,4-5,7H2,1H3,(H,15,16). The lowest BCUT2D eigenvalue weighted by Gasteiger charge is -2.14. The first-order chi connectivity index (χ1) is 8.56. The Morgan fingerprint density at radius 1 is 1.56 bits per heavy atom. The van der Waals surface area contributed by atoms with Crippen molar-refractivity contribution in [2.75, 3.05) is 6.61 Å². The van der Waals surface area contributed by atoms with E-state index in [9.17, 15) is 9.18 Å². The molecule has 98 valence electrons. The Bertz CT molecular complexity index is 447. The average molecular weight is 254 g/mol. The third-order valence-corrected chi connectivity index (χ3v) is 2.96. The number of aryl methyl sites for hydroxylation is 1. The highest BCUT2D eigenvalue weighted by atomic mass is 19.1. The van der Waals surface area contributed by atoms with Crippen molar-refractivity contribution >= 4 is 5.97 Å². The summed E-state index contributed by atoms with van der Waals surface area (Å²) in [5, 5.41) is 8.78. The van der Waals surface area contributed by atoms with Gasteiger partial charge in [0.15, 0.2) is 6.10 Å². The first-order valence-electron chi connectivity index (χ1n) is 5.83. The molecule has 0 aliphatic carbocycles.